The van der Waals surface area contributed by atoms with Crippen molar-refractivity contribution in [3.8, 4) is 0 Å². The third kappa shape index (κ3) is 7.74. The van der Waals surface area contributed by atoms with Crippen molar-refractivity contribution in [3.05, 3.63) is 79.9 Å². The zero-order valence-electron chi connectivity index (χ0n) is 16.8. The topological polar surface area (TPSA) is 169 Å². The van der Waals surface area contributed by atoms with Gasteiger partial charge in [-0.25, -0.2) is 10.9 Å². The zero-order valence-corrected chi connectivity index (χ0v) is 16.8. The van der Waals surface area contributed by atoms with Crippen LogP contribution in [0.25, 0.3) is 0 Å². The van der Waals surface area contributed by atoms with Gasteiger partial charge < -0.3 is 0 Å². The van der Waals surface area contributed by atoms with E-state index in [9.17, 15) is 29.8 Å². The summed E-state index contributed by atoms with van der Waals surface area (Å²) in [6, 6.07) is 12.0. The van der Waals surface area contributed by atoms with Crippen LogP contribution in [0.4, 0.5) is 11.4 Å². The Bertz CT molecular complexity index is 969. The Morgan fingerprint density at radius 3 is 1.50 bits per heavy atom. The standard InChI is InChI=1S/C20H20N6O6/c27-19(23-21-13-15-7-1-3-9-17(15)25(29)30)11-5-6-12-20(28)24-22-14-16-8-2-4-10-18(16)26(31)32/h1-4,7-10,13-14H,5-6,11-12H2,(H,23,27)(H,24,28). The number of nitrogens with zero attached hydrogens (tertiary/aromatic N) is 4. The maximum Gasteiger partial charge on any atom is 0.278 e. The van der Waals surface area contributed by atoms with Crippen molar-refractivity contribution in [2.24, 2.45) is 10.2 Å². The molecule has 0 fully saturated rings. The minimum absolute atomic E-state index is 0.112. The highest BCUT2D eigenvalue weighted by Crippen LogP contribution is 2.16. The van der Waals surface area contributed by atoms with Crippen molar-refractivity contribution >= 4 is 35.6 Å². The van der Waals surface area contributed by atoms with Crippen LogP contribution < -0.4 is 10.9 Å². The highest BCUT2D eigenvalue weighted by molar-refractivity contribution is 5.87. The molecule has 0 aliphatic rings. The number of amides is 2. The van der Waals surface area contributed by atoms with Crippen molar-refractivity contribution in [2.75, 3.05) is 0 Å². The molecule has 12 nitrogen and oxygen atoms in total. The molecule has 0 unspecified atom stereocenters. The SMILES string of the molecule is O=C(CCCCC(=O)NN=Cc1ccccc1[N+](=O)[O-])NN=Cc1ccccc1[N+](=O)[O-]. The van der Waals surface area contributed by atoms with Crippen LogP contribution in [0.5, 0.6) is 0 Å². The Morgan fingerprint density at radius 2 is 1.12 bits per heavy atom. The fraction of sp³-hybridized carbons (Fsp3) is 0.200. The highest BCUT2D eigenvalue weighted by Gasteiger charge is 2.11. The Balaban J connectivity index is 1.68. The summed E-state index contributed by atoms with van der Waals surface area (Å²) in [5, 5.41) is 29.3. The van der Waals surface area contributed by atoms with E-state index < -0.39 is 21.7 Å². The van der Waals surface area contributed by atoms with Gasteiger partial charge in [0.15, 0.2) is 0 Å². The first-order chi connectivity index (χ1) is 15.4. The number of nitro benzene ring substituents is 2. The summed E-state index contributed by atoms with van der Waals surface area (Å²) in [6.45, 7) is 0. The lowest BCUT2D eigenvalue weighted by molar-refractivity contribution is -0.385. The second-order valence-electron chi connectivity index (χ2n) is 6.43. The lowest BCUT2D eigenvalue weighted by atomic mass is 10.2. The predicted octanol–water partition coefficient (Wildman–Crippen LogP) is 2.66. The zero-order chi connectivity index (χ0) is 23.3. The molecule has 0 saturated heterocycles. The van der Waals surface area contributed by atoms with Gasteiger partial charge in [-0.2, -0.15) is 10.2 Å². The van der Waals surface area contributed by atoms with E-state index in [1.807, 2.05) is 0 Å². The molecule has 2 rings (SSSR count). The Hall–Kier alpha value is -4.48. The number of hydrogen-bond acceptors (Lipinski definition) is 8. The van der Waals surface area contributed by atoms with E-state index in [1.165, 1.54) is 48.8 Å². The first-order valence-electron chi connectivity index (χ1n) is 9.49. The molecule has 0 radical (unpaired) electrons. The van der Waals surface area contributed by atoms with Crippen molar-refractivity contribution in [3.63, 3.8) is 0 Å². The van der Waals surface area contributed by atoms with Crippen LogP contribution in [0, 0.1) is 20.2 Å². The molecule has 2 N–H and O–H groups in total. The average molecular weight is 440 g/mol. The summed E-state index contributed by atoms with van der Waals surface area (Å²) < 4.78 is 0. The Kier molecular flexibility index (Phi) is 9.12. The number of carbonyl (C=O) groups excluding carboxylic acids is 2. The fourth-order valence-corrected chi connectivity index (χ4v) is 2.56. The molecule has 2 aromatic carbocycles. The Labute approximate surface area is 182 Å². The second-order valence-corrected chi connectivity index (χ2v) is 6.43. The number of hydrogen-bond donors (Lipinski definition) is 2. The summed E-state index contributed by atoms with van der Waals surface area (Å²) in [5.41, 5.74) is 4.83. The molecule has 0 aliphatic carbocycles. The van der Waals surface area contributed by atoms with Gasteiger partial charge in [0.05, 0.1) is 33.4 Å². The first kappa shape index (κ1) is 23.8. The lowest BCUT2D eigenvalue weighted by Crippen LogP contribution is -2.19. The molecular weight excluding hydrogens is 420 g/mol. The molecule has 0 aromatic heterocycles. The summed E-state index contributed by atoms with van der Waals surface area (Å²) in [5.74, 6) is -0.788. The lowest BCUT2D eigenvalue weighted by Gasteiger charge is -2.01. The van der Waals surface area contributed by atoms with E-state index in [0.717, 1.165) is 0 Å². The number of rotatable bonds is 11. The van der Waals surface area contributed by atoms with Crippen LogP contribution in [-0.2, 0) is 9.59 Å². The van der Waals surface area contributed by atoms with Crippen LogP contribution in [0.2, 0.25) is 0 Å². The van der Waals surface area contributed by atoms with Gasteiger partial charge in [-0.1, -0.05) is 24.3 Å². The summed E-state index contributed by atoms with van der Waals surface area (Å²) >= 11 is 0. The molecule has 0 saturated carbocycles. The van der Waals surface area contributed by atoms with E-state index in [2.05, 4.69) is 21.1 Å². The molecule has 0 bridgehead atoms. The quantitative estimate of drug-likeness (QED) is 0.235. The molecule has 2 amide bonds. The number of unbranched alkanes of at least 4 members (excludes halogenated alkanes) is 1. The van der Waals surface area contributed by atoms with E-state index in [1.54, 1.807) is 12.1 Å². The van der Waals surface area contributed by atoms with Gasteiger partial charge in [0, 0.05) is 25.0 Å². The molecule has 166 valence electrons. The van der Waals surface area contributed by atoms with Crippen molar-refractivity contribution < 1.29 is 19.4 Å². The molecule has 0 spiro atoms. The van der Waals surface area contributed by atoms with E-state index in [-0.39, 0.29) is 35.3 Å². The third-order valence-corrected chi connectivity index (χ3v) is 4.11. The highest BCUT2D eigenvalue weighted by atomic mass is 16.6. The summed E-state index contributed by atoms with van der Waals surface area (Å²) in [4.78, 5) is 44.3. The monoisotopic (exact) mass is 440 g/mol. The van der Waals surface area contributed by atoms with Crippen LogP contribution in [0.15, 0.2) is 58.7 Å². The van der Waals surface area contributed by atoms with Crippen LogP contribution in [0.3, 0.4) is 0 Å². The summed E-state index contributed by atoms with van der Waals surface area (Å²) in [6.07, 6.45) is 3.43. The van der Waals surface area contributed by atoms with Gasteiger partial charge in [-0.3, -0.25) is 29.8 Å². The molecule has 0 aliphatic heterocycles. The fourth-order valence-electron chi connectivity index (χ4n) is 2.56. The normalized spacial score (nSPS) is 10.9. The van der Waals surface area contributed by atoms with Crippen molar-refractivity contribution in [2.45, 2.75) is 25.7 Å². The minimum atomic E-state index is -0.542. The van der Waals surface area contributed by atoms with E-state index in [0.29, 0.717) is 12.8 Å². The third-order valence-electron chi connectivity index (χ3n) is 4.11. The van der Waals surface area contributed by atoms with Crippen LogP contribution >= 0.6 is 0 Å². The summed E-state index contributed by atoms with van der Waals surface area (Å²) in [7, 11) is 0. The number of carbonyl (C=O) groups is 2. The molecule has 2 aromatic rings. The molecule has 12 heteroatoms. The number of hydrazone groups is 2. The average Bonchev–Trinajstić information content (AvgIpc) is 2.77. The predicted molar refractivity (Wildman–Crippen MR) is 116 cm³/mol. The van der Waals surface area contributed by atoms with Gasteiger partial charge in [-0.15, -0.1) is 0 Å². The largest absolute Gasteiger partial charge is 0.278 e. The van der Waals surface area contributed by atoms with Gasteiger partial charge in [-0.05, 0) is 25.0 Å². The number of para-hydroxylation sites is 2. The van der Waals surface area contributed by atoms with E-state index >= 15 is 0 Å². The van der Waals surface area contributed by atoms with Gasteiger partial charge in [0.1, 0.15) is 0 Å². The Morgan fingerprint density at radius 1 is 0.750 bits per heavy atom. The van der Waals surface area contributed by atoms with E-state index in [4.69, 9.17) is 0 Å². The van der Waals surface area contributed by atoms with Crippen molar-refractivity contribution in [1.29, 1.82) is 0 Å². The molecule has 32 heavy (non-hydrogen) atoms. The number of nitro groups is 2. The molecular formula is C20H20N6O6. The first-order valence-corrected chi connectivity index (χ1v) is 9.49. The van der Waals surface area contributed by atoms with Gasteiger partial charge in [0.25, 0.3) is 11.4 Å². The number of benzene rings is 2. The smallest absolute Gasteiger partial charge is 0.273 e. The molecule has 0 heterocycles. The number of nitrogens with one attached hydrogen (secondary N) is 2. The molecule has 0 atom stereocenters. The van der Waals surface area contributed by atoms with Gasteiger partial charge in [0.2, 0.25) is 11.8 Å². The maximum absolute atomic E-state index is 11.8. The van der Waals surface area contributed by atoms with Crippen LogP contribution in [-0.4, -0.2) is 34.1 Å². The second kappa shape index (κ2) is 12.3. The van der Waals surface area contributed by atoms with Crippen LogP contribution in [0.1, 0.15) is 36.8 Å². The van der Waals surface area contributed by atoms with Gasteiger partial charge >= 0.3 is 0 Å². The minimum Gasteiger partial charge on any atom is -0.273 e. The maximum atomic E-state index is 11.8. The van der Waals surface area contributed by atoms with Crippen molar-refractivity contribution in [1.82, 2.24) is 10.9 Å².